The molecular weight excluding hydrogens is 280 g/mol. The number of morpholine rings is 1. The predicted molar refractivity (Wildman–Crippen MR) is 79.1 cm³/mol. The Bertz CT molecular complexity index is 402. The van der Waals surface area contributed by atoms with Crippen LogP contribution in [-0.2, 0) is 4.74 Å². The molecule has 7 heteroatoms. The van der Waals surface area contributed by atoms with E-state index in [1.165, 1.54) is 12.8 Å². The molecule has 2 fully saturated rings. The van der Waals surface area contributed by atoms with Gasteiger partial charge in [0.1, 0.15) is 0 Å². The molecule has 5 nitrogen and oxygen atoms in total. The molecule has 2 saturated heterocycles. The number of likely N-dealkylation sites (tertiary alicyclic amines) is 1. The van der Waals surface area contributed by atoms with Crippen molar-refractivity contribution in [3.05, 3.63) is 0 Å². The summed E-state index contributed by atoms with van der Waals surface area (Å²) in [6.07, 6.45) is 3.48. The molecule has 0 amide bonds. The van der Waals surface area contributed by atoms with Gasteiger partial charge in [-0.2, -0.15) is 0 Å². The fraction of sp³-hybridized carbons (Fsp3) is 0.833. The van der Waals surface area contributed by atoms with Crippen LogP contribution in [0, 0.1) is 0 Å². The number of nitrogens with zero attached hydrogens (tertiary/aromatic N) is 3. The maximum absolute atomic E-state index is 5.85. The first-order valence-electron chi connectivity index (χ1n) is 6.91. The number of hydrogen-bond donors (Lipinski definition) is 1. The summed E-state index contributed by atoms with van der Waals surface area (Å²) in [6, 6.07) is 0. The van der Waals surface area contributed by atoms with Crippen LogP contribution in [0.1, 0.15) is 19.8 Å². The fourth-order valence-corrected chi connectivity index (χ4v) is 4.52. The summed E-state index contributed by atoms with van der Waals surface area (Å²) in [4.78, 5) is 2.53. The van der Waals surface area contributed by atoms with Gasteiger partial charge in [0.2, 0.25) is 5.13 Å². The van der Waals surface area contributed by atoms with Gasteiger partial charge in [-0.25, -0.2) is 0 Å². The maximum Gasteiger partial charge on any atom is 0.206 e. The second-order valence-corrected chi connectivity index (χ2v) is 7.29. The van der Waals surface area contributed by atoms with Gasteiger partial charge in [-0.05, 0) is 19.8 Å². The average Bonchev–Trinajstić information content (AvgIpc) is 2.97. The molecule has 0 spiro atoms. The fourth-order valence-electron chi connectivity index (χ4n) is 2.63. The van der Waals surface area contributed by atoms with Crippen molar-refractivity contribution in [3.8, 4) is 0 Å². The molecule has 2 atom stereocenters. The van der Waals surface area contributed by atoms with E-state index in [2.05, 4.69) is 27.3 Å². The Morgan fingerprint density at radius 1 is 1.37 bits per heavy atom. The molecule has 1 aromatic heterocycles. The van der Waals surface area contributed by atoms with Crippen LogP contribution < -0.4 is 5.32 Å². The van der Waals surface area contributed by atoms with Crippen LogP contribution in [0.5, 0.6) is 0 Å². The largest absolute Gasteiger partial charge is 0.372 e. The quantitative estimate of drug-likeness (QED) is 0.810. The Kier molecular flexibility index (Phi) is 4.57. The number of anilines is 1. The molecule has 1 aromatic rings. The van der Waals surface area contributed by atoms with Crippen molar-refractivity contribution in [2.75, 3.05) is 37.2 Å². The van der Waals surface area contributed by atoms with Gasteiger partial charge in [0.25, 0.3) is 0 Å². The van der Waals surface area contributed by atoms with E-state index in [0.29, 0.717) is 12.2 Å². The van der Waals surface area contributed by atoms with E-state index < -0.39 is 0 Å². The van der Waals surface area contributed by atoms with Gasteiger partial charge >= 0.3 is 0 Å². The van der Waals surface area contributed by atoms with Gasteiger partial charge in [-0.15, -0.1) is 10.2 Å². The molecule has 0 radical (unpaired) electrons. The molecule has 2 unspecified atom stereocenters. The van der Waals surface area contributed by atoms with Gasteiger partial charge in [0.05, 0.1) is 12.2 Å². The smallest absolute Gasteiger partial charge is 0.206 e. The second-order valence-electron chi connectivity index (χ2n) is 4.97. The minimum Gasteiger partial charge on any atom is -0.372 e. The van der Waals surface area contributed by atoms with Gasteiger partial charge in [0, 0.05) is 31.9 Å². The third-order valence-electron chi connectivity index (χ3n) is 3.49. The predicted octanol–water partition coefficient (Wildman–Crippen LogP) is 1.93. The zero-order valence-electron chi connectivity index (χ0n) is 11.2. The summed E-state index contributed by atoms with van der Waals surface area (Å²) in [5.74, 6) is 1.08. The van der Waals surface area contributed by atoms with E-state index in [4.69, 9.17) is 4.74 Å². The normalized spacial score (nSPS) is 26.8. The van der Waals surface area contributed by atoms with E-state index >= 15 is 0 Å². The summed E-state index contributed by atoms with van der Waals surface area (Å²) >= 11 is 3.45. The Labute approximate surface area is 122 Å². The topological polar surface area (TPSA) is 50.3 Å². The van der Waals surface area contributed by atoms with E-state index in [1.807, 2.05) is 0 Å². The SMILES string of the molecule is CCNc1nnc(SCCN2CC3CCC(C2)O3)s1. The minimum atomic E-state index is 0.491. The third-order valence-corrected chi connectivity index (χ3v) is 5.48. The summed E-state index contributed by atoms with van der Waals surface area (Å²) in [5.41, 5.74) is 0. The van der Waals surface area contributed by atoms with Crippen molar-refractivity contribution in [3.63, 3.8) is 0 Å². The highest BCUT2D eigenvalue weighted by atomic mass is 32.2. The molecule has 19 heavy (non-hydrogen) atoms. The number of aromatic nitrogens is 2. The molecule has 3 heterocycles. The summed E-state index contributed by atoms with van der Waals surface area (Å²) in [5, 5.41) is 12.4. The highest BCUT2D eigenvalue weighted by molar-refractivity contribution is 8.01. The van der Waals surface area contributed by atoms with Crippen LogP contribution in [0.15, 0.2) is 4.34 Å². The first-order chi connectivity index (χ1) is 9.33. The molecule has 0 saturated carbocycles. The molecule has 0 aliphatic carbocycles. The van der Waals surface area contributed by atoms with Crippen LogP contribution >= 0.6 is 23.1 Å². The molecule has 106 valence electrons. The molecular formula is C12H20N4OS2. The van der Waals surface area contributed by atoms with E-state index in [-0.39, 0.29) is 0 Å². The minimum absolute atomic E-state index is 0.491. The second kappa shape index (κ2) is 6.39. The summed E-state index contributed by atoms with van der Waals surface area (Å²) in [7, 11) is 0. The van der Waals surface area contributed by atoms with Crippen molar-refractivity contribution >= 4 is 28.2 Å². The van der Waals surface area contributed by atoms with Crippen molar-refractivity contribution < 1.29 is 4.74 Å². The van der Waals surface area contributed by atoms with Crippen molar-refractivity contribution in [1.29, 1.82) is 0 Å². The molecule has 1 N–H and O–H groups in total. The number of rotatable bonds is 6. The lowest BCUT2D eigenvalue weighted by Gasteiger charge is -2.31. The summed E-state index contributed by atoms with van der Waals surface area (Å²) < 4.78 is 6.91. The first kappa shape index (κ1) is 13.6. The summed E-state index contributed by atoms with van der Waals surface area (Å²) in [6.45, 7) is 6.31. The first-order valence-corrected chi connectivity index (χ1v) is 8.71. The van der Waals surface area contributed by atoms with Gasteiger partial charge in [0.15, 0.2) is 4.34 Å². The Balaban J connectivity index is 1.40. The van der Waals surface area contributed by atoms with Crippen LogP contribution in [0.4, 0.5) is 5.13 Å². The van der Waals surface area contributed by atoms with E-state index in [1.54, 1.807) is 23.1 Å². The lowest BCUT2D eigenvalue weighted by molar-refractivity contribution is -0.0360. The Morgan fingerprint density at radius 3 is 2.89 bits per heavy atom. The zero-order valence-corrected chi connectivity index (χ0v) is 12.8. The van der Waals surface area contributed by atoms with Crippen LogP contribution in [0.2, 0.25) is 0 Å². The van der Waals surface area contributed by atoms with Crippen molar-refractivity contribution in [1.82, 2.24) is 15.1 Å². The third kappa shape index (κ3) is 3.59. The maximum atomic E-state index is 5.85. The molecule has 0 aromatic carbocycles. The average molecular weight is 300 g/mol. The van der Waals surface area contributed by atoms with Crippen molar-refractivity contribution in [2.45, 2.75) is 36.3 Å². The monoisotopic (exact) mass is 300 g/mol. The Morgan fingerprint density at radius 2 is 2.16 bits per heavy atom. The van der Waals surface area contributed by atoms with Crippen molar-refractivity contribution in [2.24, 2.45) is 0 Å². The van der Waals surface area contributed by atoms with Crippen LogP contribution in [0.3, 0.4) is 0 Å². The number of hydrogen-bond acceptors (Lipinski definition) is 7. The van der Waals surface area contributed by atoms with Crippen LogP contribution in [0.25, 0.3) is 0 Å². The molecule has 3 rings (SSSR count). The number of thioether (sulfide) groups is 1. The van der Waals surface area contributed by atoms with E-state index in [9.17, 15) is 0 Å². The number of ether oxygens (including phenoxy) is 1. The molecule has 2 bridgehead atoms. The lowest BCUT2D eigenvalue weighted by atomic mass is 10.2. The lowest BCUT2D eigenvalue weighted by Crippen LogP contribution is -2.43. The van der Waals surface area contributed by atoms with Crippen LogP contribution in [-0.4, -0.2) is 59.2 Å². The van der Waals surface area contributed by atoms with Gasteiger partial charge in [-0.3, -0.25) is 4.90 Å². The standard InChI is InChI=1S/C12H20N4OS2/c1-2-13-11-14-15-12(19-11)18-6-5-16-7-9-3-4-10(8-16)17-9/h9-10H,2-8H2,1H3,(H,13,14). The molecule has 2 aliphatic heterocycles. The van der Waals surface area contributed by atoms with E-state index in [0.717, 1.165) is 41.4 Å². The number of fused-ring (bicyclic) bond motifs is 2. The number of nitrogens with one attached hydrogen (secondary N) is 1. The highest BCUT2D eigenvalue weighted by Crippen LogP contribution is 2.28. The van der Waals surface area contributed by atoms with Gasteiger partial charge in [-0.1, -0.05) is 23.1 Å². The highest BCUT2D eigenvalue weighted by Gasteiger charge is 2.33. The molecule has 2 aliphatic rings. The van der Waals surface area contributed by atoms with Gasteiger partial charge < -0.3 is 10.1 Å². The zero-order chi connectivity index (χ0) is 13.1. The Hall–Kier alpha value is -0.370.